The number of rotatable bonds is 9. The molecular formula is C21H24ClFN2O5S. The Labute approximate surface area is 186 Å². The minimum Gasteiger partial charge on any atom is -0.452 e. The number of benzene rings is 2. The van der Waals surface area contributed by atoms with Gasteiger partial charge in [-0.25, -0.2) is 17.6 Å². The number of nitrogens with zero attached hydrogens (tertiary/aromatic N) is 1. The highest BCUT2D eigenvalue weighted by molar-refractivity contribution is 7.89. The van der Waals surface area contributed by atoms with E-state index < -0.39 is 34.5 Å². The van der Waals surface area contributed by atoms with Gasteiger partial charge in [-0.15, -0.1) is 0 Å². The number of esters is 1. The van der Waals surface area contributed by atoms with Gasteiger partial charge in [-0.3, -0.25) is 4.79 Å². The number of halogens is 2. The highest BCUT2D eigenvalue weighted by atomic mass is 35.5. The van der Waals surface area contributed by atoms with E-state index in [9.17, 15) is 22.4 Å². The van der Waals surface area contributed by atoms with Crippen LogP contribution < -0.4 is 5.32 Å². The Morgan fingerprint density at radius 1 is 1.13 bits per heavy atom. The van der Waals surface area contributed by atoms with E-state index in [1.165, 1.54) is 40.7 Å². The van der Waals surface area contributed by atoms with Crippen LogP contribution >= 0.6 is 11.6 Å². The third-order valence-corrected chi connectivity index (χ3v) is 7.10. The first-order chi connectivity index (χ1) is 14.6. The van der Waals surface area contributed by atoms with Crippen molar-refractivity contribution in [1.82, 2.24) is 9.62 Å². The SMILES string of the molecule is CCN(CC)S(=O)(=O)c1cc(C(=O)OCC(=O)NC(C)c2ccc(F)cc2)ccc1Cl. The van der Waals surface area contributed by atoms with E-state index in [-0.39, 0.29) is 34.4 Å². The maximum atomic E-state index is 13.0. The van der Waals surface area contributed by atoms with Gasteiger partial charge in [-0.1, -0.05) is 37.6 Å². The molecule has 1 amide bonds. The van der Waals surface area contributed by atoms with E-state index >= 15 is 0 Å². The normalized spacial score (nSPS) is 12.5. The molecule has 168 valence electrons. The zero-order chi connectivity index (χ0) is 23.2. The first-order valence-electron chi connectivity index (χ1n) is 9.61. The van der Waals surface area contributed by atoms with E-state index in [4.69, 9.17) is 16.3 Å². The monoisotopic (exact) mass is 470 g/mol. The number of nitrogens with one attached hydrogen (secondary N) is 1. The Hall–Kier alpha value is -2.49. The molecule has 7 nitrogen and oxygen atoms in total. The van der Waals surface area contributed by atoms with Gasteiger partial charge in [0.15, 0.2) is 6.61 Å². The molecule has 1 atom stereocenters. The molecule has 2 rings (SSSR count). The summed E-state index contributed by atoms with van der Waals surface area (Å²) in [6, 6.07) is 8.97. The third-order valence-electron chi connectivity index (χ3n) is 4.57. The molecular weight excluding hydrogens is 447 g/mol. The van der Waals surface area contributed by atoms with Crippen molar-refractivity contribution in [3.05, 3.63) is 64.4 Å². The van der Waals surface area contributed by atoms with Crippen LogP contribution in [0.3, 0.4) is 0 Å². The van der Waals surface area contributed by atoms with Crippen LogP contribution in [0.4, 0.5) is 4.39 Å². The second kappa shape index (κ2) is 10.7. The third kappa shape index (κ3) is 6.25. The van der Waals surface area contributed by atoms with E-state index in [1.807, 2.05) is 0 Å². The molecule has 0 spiro atoms. The quantitative estimate of drug-likeness (QED) is 0.566. The fraction of sp³-hybridized carbons (Fsp3) is 0.333. The summed E-state index contributed by atoms with van der Waals surface area (Å²) in [7, 11) is -3.88. The van der Waals surface area contributed by atoms with Crippen LogP contribution in [0.25, 0.3) is 0 Å². The molecule has 0 aromatic heterocycles. The van der Waals surface area contributed by atoms with Gasteiger partial charge in [0.2, 0.25) is 10.0 Å². The van der Waals surface area contributed by atoms with E-state index in [2.05, 4.69) is 5.32 Å². The maximum absolute atomic E-state index is 13.0. The standard InChI is InChI=1S/C21H24ClFN2O5S/c1-4-25(5-2)31(28,29)19-12-16(8-11-18(19)22)21(27)30-13-20(26)24-14(3)15-6-9-17(23)10-7-15/h6-12,14H,4-5,13H2,1-3H3,(H,24,26). The molecule has 2 aromatic rings. The molecule has 2 aromatic carbocycles. The summed E-state index contributed by atoms with van der Waals surface area (Å²) in [6.45, 7) is 5.02. The van der Waals surface area contributed by atoms with Gasteiger partial charge in [0, 0.05) is 13.1 Å². The van der Waals surface area contributed by atoms with Crippen molar-refractivity contribution in [3.8, 4) is 0 Å². The lowest BCUT2D eigenvalue weighted by molar-refractivity contribution is -0.124. The van der Waals surface area contributed by atoms with Crippen molar-refractivity contribution < 1.29 is 27.1 Å². The number of sulfonamides is 1. The topological polar surface area (TPSA) is 92.8 Å². The molecule has 0 radical (unpaired) electrons. The molecule has 0 saturated carbocycles. The fourth-order valence-electron chi connectivity index (χ4n) is 2.86. The maximum Gasteiger partial charge on any atom is 0.338 e. The Morgan fingerprint density at radius 3 is 2.32 bits per heavy atom. The number of carbonyl (C=O) groups is 2. The van der Waals surface area contributed by atoms with Gasteiger partial charge in [-0.2, -0.15) is 4.31 Å². The highest BCUT2D eigenvalue weighted by Gasteiger charge is 2.26. The molecule has 1 unspecified atom stereocenters. The summed E-state index contributed by atoms with van der Waals surface area (Å²) < 4.78 is 44.7. The van der Waals surface area contributed by atoms with Gasteiger partial charge in [0.25, 0.3) is 5.91 Å². The summed E-state index contributed by atoms with van der Waals surface area (Å²) in [5.74, 6) is -1.81. The molecule has 0 heterocycles. The first-order valence-corrected chi connectivity index (χ1v) is 11.4. The lowest BCUT2D eigenvalue weighted by atomic mass is 10.1. The van der Waals surface area contributed by atoms with Crippen molar-refractivity contribution in [2.75, 3.05) is 19.7 Å². The molecule has 0 aliphatic rings. The molecule has 1 N–H and O–H groups in total. The lowest BCUT2D eigenvalue weighted by Gasteiger charge is -2.19. The molecule has 0 bridgehead atoms. The van der Waals surface area contributed by atoms with Crippen LogP contribution in [-0.4, -0.2) is 44.3 Å². The van der Waals surface area contributed by atoms with Gasteiger partial charge in [0.05, 0.1) is 16.6 Å². The second-order valence-electron chi connectivity index (χ2n) is 6.65. The summed E-state index contributed by atoms with van der Waals surface area (Å²) in [6.07, 6.45) is 0. The summed E-state index contributed by atoms with van der Waals surface area (Å²) in [5, 5.41) is 2.62. The van der Waals surface area contributed by atoms with Crippen LogP contribution in [0.2, 0.25) is 5.02 Å². The Morgan fingerprint density at radius 2 is 1.74 bits per heavy atom. The molecule has 0 fully saturated rings. The summed E-state index contributed by atoms with van der Waals surface area (Å²) in [5.41, 5.74) is 0.638. The predicted octanol–water partition coefficient (Wildman–Crippen LogP) is 3.54. The van der Waals surface area contributed by atoms with Gasteiger partial charge < -0.3 is 10.1 Å². The average Bonchev–Trinajstić information content (AvgIpc) is 2.73. The van der Waals surface area contributed by atoms with Crippen molar-refractivity contribution in [2.24, 2.45) is 0 Å². The van der Waals surface area contributed by atoms with Crippen LogP contribution in [0, 0.1) is 5.82 Å². The zero-order valence-electron chi connectivity index (χ0n) is 17.4. The van der Waals surface area contributed by atoms with E-state index in [1.54, 1.807) is 20.8 Å². The first kappa shape index (κ1) is 24.8. The number of hydrogen-bond donors (Lipinski definition) is 1. The van der Waals surface area contributed by atoms with Crippen LogP contribution in [0.15, 0.2) is 47.4 Å². The van der Waals surface area contributed by atoms with Gasteiger partial charge in [0.1, 0.15) is 10.7 Å². The Bertz CT molecular complexity index is 1040. The van der Waals surface area contributed by atoms with Crippen LogP contribution in [0.5, 0.6) is 0 Å². The zero-order valence-corrected chi connectivity index (χ0v) is 19.0. The minimum absolute atomic E-state index is 0.0192. The summed E-state index contributed by atoms with van der Waals surface area (Å²) >= 11 is 6.05. The number of amides is 1. The van der Waals surface area contributed by atoms with E-state index in [0.29, 0.717) is 5.56 Å². The smallest absolute Gasteiger partial charge is 0.338 e. The van der Waals surface area contributed by atoms with Crippen molar-refractivity contribution in [1.29, 1.82) is 0 Å². The minimum atomic E-state index is -3.88. The largest absolute Gasteiger partial charge is 0.452 e. The predicted molar refractivity (Wildman–Crippen MR) is 115 cm³/mol. The molecule has 0 aliphatic heterocycles. The number of carbonyl (C=O) groups excluding carboxylic acids is 2. The Balaban J connectivity index is 2.05. The fourth-order valence-corrected chi connectivity index (χ4v) is 4.82. The van der Waals surface area contributed by atoms with E-state index in [0.717, 1.165) is 6.07 Å². The van der Waals surface area contributed by atoms with Crippen molar-refractivity contribution >= 4 is 33.5 Å². The molecule has 0 saturated heterocycles. The lowest BCUT2D eigenvalue weighted by Crippen LogP contribution is -2.31. The molecule has 10 heteroatoms. The van der Waals surface area contributed by atoms with Gasteiger partial charge >= 0.3 is 5.97 Å². The van der Waals surface area contributed by atoms with Crippen molar-refractivity contribution in [3.63, 3.8) is 0 Å². The second-order valence-corrected chi connectivity index (χ2v) is 8.96. The highest BCUT2D eigenvalue weighted by Crippen LogP contribution is 2.26. The average molecular weight is 471 g/mol. The Kier molecular flexibility index (Phi) is 8.55. The van der Waals surface area contributed by atoms with Gasteiger partial charge in [-0.05, 0) is 42.8 Å². The van der Waals surface area contributed by atoms with Crippen LogP contribution in [0.1, 0.15) is 42.7 Å². The number of hydrogen-bond acceptors (Lipinski definition) is 5. The van der Waals surface area contributed by atoms with Crippen molar-refractivity contribution in [2.45, 2.75) is 31.7 Å². The molecule has 0 aliphatic carbocycles. The number of ether oxygens (including phenoxy) is 1. The molecule has 31 heavy (non-hydrogen) atoms. The van der Waals surface area contributed by atoms with Crippen LogP contribution in [-0.2, 0) is 19.6 Å². The summed E-state index contributed by atoms with van der Waals surface area (Å²) in [4.78, 5) is 24.2.